The van der Waals surface area contributed by atoms with E-state index in [-0.39, 0.29) is 28.3 Å². The number of unbranched alkanes of at least 4 members (excludes halogenated alkanes) is 1. The lowest BCUT2D eigenvalue weighted by Crippen LogP contribution is -2.44. The maximum Gasteiger partial charge on any atom is 0.425 e. The Morgan fingerprint density at radius 3 is 1.91 bits per heavy atom. The fourth-order valence-corrected chi connectivity index (χ4v) is 2.80. The summed E-state index contributed by atoms with van der Waals surface area (Å²) in [7, 11) is 1.23. The van der Waals surface area contributed by atoms with Crippen molar-refractivity contribution >= 4 is 39.9 Å². The third-order valence-electron chi connectivity index (χ3n) is 3.82. The highest BCUT2D eigenvalue weighted by molar-refractivity contribution is 9.10. The number of methoxy groups -OCH3 is 1. The number of hydrogen-bond donors (Lipinski definition) is 0. The minimum atomic E-state index is -1.02. The molecule has 0 saturated carbocycles. The fourth-order valence-electron chi connectivity index (χ4n) is 2.43. The van der Waals surface area contributed by atoms with Gasteiger partial charge in [0.25, 0.3) is 0 Å². The number of halogens is 1. The van der Waals surface area contributed by atoms with Crippen molar-refractivity contribution in [3.05, 3.63) is 15.7 Å². The number of anilines is 1. The average Bonchev–Trinajstić information content (AvgIpc) is 2.62. The van der Waals surface area contributed by atoms with Crippen molar-refractivity contribution in [2.24, 2.45) is 0 Å². The zero-order valence-electron chi connectivity index (χ0n) is 20.3. The number of hydrogen-bond acceptors (Lipinski definition) is 8. The number of carbonyl (C=O) groups excluding carboxylic acids is 3. The zero-order chi connectivity index (χ0) is 24.9. The Morgan fingerprint density at radius 1 is 1.00 bits per heavy atom. The smallest absolute Gasteiger partial charge is 0.425 e. The van der Waals surface area contributed by atoms with E-state index in [1.807, 2.05) is 6.92 Å². The largest absolute Gasteiger partial charge is 0.489 e. The van der Waals surface area contributed by atoms with Gasteiger partial charge in [0.05, 0.1) is 13.7 Å². The molecular weight excluding hydrogens is 484 g/mol. The summed E-state index contributed by atoms with van der Waals surface area (Å²) < 4.78 is 21.9. The highest BCUT2D eigenvalue weighted by Crippen LogP contribution is 2.38. The highest BCUT2D eigenvalue weighted by Gasteiger charge is 2.38. The van der Waals surface area contributed by atoms with E-state index in [0.717, 1.165) is 6.42 Å². The van der Waals surface area contributed by atoms with Gasteiger partial charge in [-0.25, -0.2) is 19.4 Å². The Balaban J connectivity index is 3.81. The van der Waals surface area contributed by atoms with Crippen molar-refractivity contribution in [2.75, 3.05) is 18.6 Å². The Labute approximate surface area is 197 Å². The van der Waals surface area contributed by atoms with Gasteiger partial charge >= 0.3 is 18.2 Å². The fraction of sp³-hybridized carbons (Fsp3) is 0.636. The van der Waals surface area contributed by atoms with Crippen molar-refractivity contribution < 1.29 is 33.3 Å². The molecule has 1 aromatic rings. The number of aromatic nitrogens is 1. The van der Waals surface area contributed by atoms with Gasteiger partial charge in [-0.1, -0.05) is 13.3 Å². The molecule has 9 nitrogen and oxygen atoms in total. The molecule has 2 amide bonds. The van der Waals surface area contributed by atoms with E-state index in [1.54, 1.807) is 48.5 Å². The van der Waals surface area contributed by atoms with Crippen LogP contribution in [0.4, 0.5) is 15.4 Å². The van der Waals surface area contributed by atoms with E-state index in [0.29, 0.717) is 16.9 Å². The molecule has 0 aliphatic rings. The molecule has 0 radical (unpaired) electrons. The third kappa shape index (κ3) is 7.65. The van der Waals surface area contributed by atoms with Gasteiger partial charge in [-0.3, -0.25) is 0 Å². The predicted molar refractivity (Wildman–Crippen MR) is 123 cm³/mol. The number of pyridine rings is 1. The summed E-state index contributed by atoms with van der Waals surface area (Å²) in [5.41, 5.74) is -1.35. The maximum absolute atomic E-state index is 13.1. The van der Waals surface area contributed by atoms with Crippen LogP contribution in [0.15, 0.2) is 4.60 Å². The molecule has 0 unspecified atom stereocenters. The number of imide groups is 1. The molecule has 180 valence electrons. The van der Waals surface area contributed by atoms with E-state index in [2.05, 4.69) is 20.9 Å². The Hall–Kier alpha value is -2.36. The van der Waals surface area contributed by atoms with Gasteiger partial charge in [-0.15, -0.1) is 0 Å². The number of ether oxygens (including phenoxy) is 4. The Bertz CT molecular complexity index is 829. The number of carbonyl (C=O) groups is 3. The summed E-state index contributed by atoms with van der Waals surface area (Å²) >= 11 is 3.29. The summed E-state index contributed by atoms with van der Waals surface area (Å²) in [6.07, 6.45) is -0.542. The first kappa shape index (κ1) is 27.7. The van der Waals surface area contributed by atoms with Crippen LogP contribution in [0.2, 0.25) is 0 Å². The first-order chi connectivity index (χ1) is 14.6. The lowest BCUT2D eigenvalue weighted by molar-refractivity contribution is 0.0424. The van der Waals surface area contributed by atoms with Crippen molar-refractivity contribution in [2.45, 2.75) is 79.4 Å². The summed E-state index contributed by atoms with van der Waals surface area (Å²) in [6, 6.07) is 0. The summed E-state index contributed by atoms with van der Waals surface area (Å²) in [5, 5.41) is 0. The molecule has 0 aromatic carbocycles. The van der Waals surface area contributed by atoms with E-state index in [9.17, 15) is 14.4 Å². The number of amides is 2. The lowest BCUT2D eigenvalue weighted by Gasteiger charge is -2.29. The molecule has 0 fully saturated rings. The molecule has 32 heavy (non-hydrogen) atoms. The average molecular weight is 517 g/mol. The maximum atomic E-state index is 13.1. The highest BCUT2D eigenvalue weighted by atomic mass is 79.9. The number of rotatable bonds is 6. The van der Waals surface area contributed by atoms with Crippen LogP contribution < -0.4 is 9.64 Å². The van der Waals surface area contributed by atoms with E-state index in [1.165, 1.54) is 7.11 Å². The van der Waals surface area contributed by atoms with Gasteiger partial charge in [-0.05, 0) is 70.8 Å². The Kier molecular flexibility index (Phi) is 9.50. The molecule has 0 atom stereocenters. The summed E-state index contributed by atoms with van der Waals surface area (Å²) in [5.74, 6) is -1.00. The monoisotopic (exact) mass is 516 g/mol. The van der Waals surface area contributed by atoms with Crippen LogP contribution in [0.25, 0.3) is 0 Å². The molecular formula is C22H33BrN2O7. The quantitative estimate of drug-likeness (QED) is 0.202. The topological polar surface area (TPSA) is 104 Å². The molecule has 1 rings (SSSR count). The van der Waals surface area contributed by atoms with E-state index in [4.69, 9.17) is 18.9 Å². The van der Waals surface area contributed by atoms with Crippen LogP contribution >= 0.6 is 15.9 Å². The molecule has 1 heterocycles. The summed E-state index contributed by atoms with van der Waals surface area (Å²) in [4.78, 5) is 43.8. The third-order valence-corrected chi connectivity index (χ3v) is 4.59. The minimum absolute atomic E-state index is 0.0394. The second kappa shape index (κ2) is 11.0. The van der Waals surface area contributed by atoms with Crippen LogP contribution in [-0.2, 0) is 14.2 Å². The molecule has 0 aliphatic heterocycles. The van der Waals surface area contributed by atoms with Crippen molar-refractivity contribution in [3.8, 4) is 5.75 Å². The summed E-state index contributed by atoms with van der Waals surface area (Å²) in [6.45, 7) is 13.8. The molecule has 0 N–H and O–H groups in total. The number of nitrogens with zero attached hydrogens (tertiary/aromatic N) is 2. The molecule has 1 aromatic heterocycles. The van der Waals surface area contributed by atoms with Gasteiger partial charge in [0.1, 0.15) is 21.4 Å². The second-order valence-corrected chi connectivity index (χ2v) is 9.80. The van der Waals surface area contributed by atoms with Gasteiger partial charge in [0.15, 0.2) is 11.6 Å². The van der Waals surface area contributed by atoms with E-state index < -0.39 is 29.4 Å². The first-order valence-electron chi connectivity index (χ1n) is 10.3. The normalized spacial score (nSPS) is 11.6. The first-order valence-corrected chi connectivity index (χ1v) is 11.1. The molecule has 0 bridgehead atoms. The van der Waals surface area contributed by atoms with Gasteiger partial charge in [0.2, 0.25) is 0 Å². The predicted octanol–water partition coefficient (Wildman–Crippen LogP) is 5.79. The zero-order valence-corrected chi connectivity index (χ0v) is 21.8. The van der Waals surface area contributed by atoms with Crippen molar-refractivity contribution in [3.63, 3.8) is 0 Å². The SMILES string of the molecule is CCCCOc1c(N(C(=O)OC(C)(C)C)C(=O)OC(C)(C)C)nc(Br)c(C)c1C(=O)OC. The standard InChI is InChI=1S/C22H33BrN2O7/c1-10-11-12-30-15-14(18(26)29-9)13(2)16(23)24-17(15)25(19(27)31-21(3,4)5)20(28)32-22(6,7)8/h10-12H2,1-9H3. The molecule has 0 saturated heterocycles. The van der Waals surface area contributed by atoms with Gasteiger partial charge in [-0.2, -0.15) is 4.90 Å². The van der Waals surface area contributed by atoms with Crippen molar-refractivity contribution in [1.82, 2.24) is 4.98 Å². The van der Waals surface area contributed by atoms with Crippen molar-refractivity contribution in [1.29, 1.82) is 0 Å². The van der Waals surface area contributed by atoms with Crippen LogP contribution in [0.5, 0.6) is 5.75 Å². The second-order valence-electron chi connectivity index (χ2n) is 9.05. The Morgan fingerprint density at radius 2 is 1.50 bits per heavy atom. The van der Waals surface area contributed by atoms with E-state index >= 15 is 0 Å². The van der Waals surface area contributed by atoms with Crippen LogP contribution in [-0.4, -0.2) is 48.1 Å². The van der Waals surface area contributed by atoms with Crippen LogP contribution in [0.3, 0.4) is 0 Å². The van der Waals surface area contributed by atoms with Crippen LogP contribution in [0, 0.1) is 6.92 Å². The molecule has 0 aliphatic carbocycles. The number of esters is 1. The molecule has 0 spiro atoms. The molecule has 10 heteroatoms. The van der Waals surface area contributed by atoms with Crippen LogP contribution in [0.1, 0.15) is 77.2 Å². The minimum Gasteiger partial charge on any atom is -0.489 e. The van der Waals surface area contributed by atoms with Gasteiger partial charge in [0, 0.05) is 5.56 Å². The lowest BCUT2D eigenvalue weighted by atomic mass is 10.1. The van der Waals surface area contributed by atoms with Gasteiger partial charge < -0.3 is 18.9 Å².